The second kappa shape index (κ2) is 8.51. The molecular weight excluding hydrogens is 300 g/mol. The van der Waals surface area contributed by atoms with E-state index in [0.717, 1.165) is 31.7 Å². The van der Waals surface area contributed by atoms with Gasteiger partial charge in [0, 0.05) is 45.0 Å². The van der Waals surface area contributed by atoms with Gasteiger partial charge in [-0.25, -0.2) is 0 Å². The Bertz CT molecular complexity index is 610. The molecule has 0 radical (unpaired) electrons. The van der Waals surface area contributed by atoms with Gasteiger partial charge in [-0.15, -0.1) is 0 Å². The molecule has 1 aromatic carbocycles. The van der Waals surface area contributed by atoms with E-state index in [1.54, 1.807) is 11.1 Å². The van der Waals surface area contributed by atoms with Gasteiger partial charge in [0.15, 0.2) is 0 Å². The Morgan fingerprint density at radius 2 is 1.88 bits per heavy atom. The summed E-state index contributed by atoms with van der Waals surface area (Å²) in [5, 5.41) is 9.47. The van der Waals surface area contributed by atoms with Crippen LogP contribution in [0.1, 0.15) is 19.4 Å². The maximum Gasteiger partial charge on any atom is 0.266 e. The normalized spacial score (nSPS) is 16.1. The van der Waals surface area contributed by atoms with Crippen LogP contribution in [-0.2, 0) is 11.3 Å². The molecule has 1 aliphatic rings. The topological polar surface area (TPSA) is 50.6 Å². The molecule has 1 heterocycles. The van der Waals surface area contributed by atoms with Gasteiger partial charge in [0.25, 0.3) is 5.91 Å². The van der Waals surface area contributed by atoms with Crippen LogP contribution in [-0.4, -0.2) is 59.9 Å². The number of amides is 1. The van der Waals surface area contributed by atoms with E-state index >= 15 is 0 Å². The number of rotatable bonds is 5. The molecule has 1 aromatic rings. The molecule has 1 saturated heterocycles. The molecule has 0 bridgehead atoms. The maximum absolute atomic E-state index is 12.9. The molecule has 0 unspecified atom stereocenters. The van der Waals surface area contributed by atoms with Gasteiger partial charge >= 0.3 is 0 Å². The Kier molecular flexibility index (Phi) is 6.39. The van der Waals surface area contributed by atoms with E-state index in [-0.39, 0.29) is 17.5 Å². The number of nitrogens with zero attached hydrogens (tertiary/aromatic N) is 4. The zero-order valence-electron chi connectivity index (χ0n) is 14.8. The van der Waals surface area contributed by atoms with Crippen LogP contribution in [0, 0.1) is 11.3 Å². The number of hydrogen-bond donors (Lipinski definition) is 0. The van der Waals surface area contributed by atoms with E-state index < -0.39 is 0 Å². The fourth-order valence-electron chi connectivity index (χ4n) is 2.69. The van der Waals surface area contributed by atoms with E-state index in [1.807, 2.05) is 44.2 Å². The highest BCUT2D eigenvalue weighted by molar-refractivity contribution is 5.97. The van der Waals surface area contributed by atoms with Crippen molar-refractivity contribution < 1.29 is 4.79 Å². The number of carbonyl (C=O) groups is 1. The number of nitriles is 1. The third kappa shape index (κ3) is 4.84. The number of hydrogen-bond acceptors (Lipinski definition) is 4. The summed E-state index contributed by atoms with van der Waals surface area (Å²) in [6.45, 7) is 8.05. The lowest BCUT2D eigenvalue weighted by atomic mass is 10.1. The van der Waals surface area contributed by atoms with Gasteiger partial charge in [0.2, 0.25) is 0 Å². The first-order valence-electron chi connectivity index (χ1n) is 8.40. The summed E-state index contributed by atoms with van der Waals surface area (Å²) < 4.78 is 0. The van der Waals surface area contributed by atoms with Crippen molar-refractivity contribution in [3.63, 3.8) is 0 Å². The van der Waals surface area contributed by atoms with E-state index in [0.29, 0.717) is 6.54 Å². The van der Waals surface area contributed by atoms with Crippen LogP contribution in [0.25, 0.3) is 0 Å². The molecule has 0 aromatic heterocycles. The quantitative estimate of drug-likeness (QED) is 0.614. The van der Waals surface area contributed by atoms with Crippen LogP contribution in [0.2, 0.25) is 0 Å². The first kappa shape index (κ1) is 18.0. The van der Waals surface area contributed by atoms with Gasteiger partial charge in [-0.3, -0.25) is 4.79 Å². The molecule has 5 nitrogen and oxygen atoms in total. The first-order chi connectivity index (χ1) is 11.5. The minimum Gasteiger partial charge on any atom is -0.374 e. The fourth-order valence-corrected chi connectivity index (χ4v) is 2.69. The Labute approximate surface area is 144 Å². The Morgan fingerprint density at radius 3 is 2.42 bits per heavy atom. The van der Waals surface area contributed by atoms with E-state index in [1.165, 1.54) is 0 Å². The molecule has 5 heteroatoms. The number of carbonyl (C=O) groups excluding carboxylic acids is 1. The average Bonchev–Trinajstić information content (AvgIpc) is 2.59. The van der Waals surface area contributed by atoms with Crippen LogP contribution >= 0.6 is 0 Å². The third-order valence-corrected chi connectivity index (χ3v) is 4.28. The number of piperazine rings is 1. The lowest BCUT2D eigenvalue weighted by Crippen LogP contribution is -2.43. The average molecular weight is 326 g/mol. The molecule has 0 atom stereocenters. The Balaban J connectivity index is 2.13. The zero-order valence-corrected chi connectivity index (χ0v) is 14.8. The maximum atomic E-state index is 12.9. The van der Waals surface area contributed by atoms with Crippen LogP contribution in [0.15, 0.2) is 42.1 Å². The van der Waals surface area contributed by atoms with Crippen molar-refractivity contribution in [2.45, 2.75) is 26.4 Å². The van der Waals surface area contributed by atoms with Crippen molar-refractivity contribution in [2.75, 3.05) is 33.2 Å². The van der Waals surface area contributed by atoms with Gasteiger partial charge in [-0.05, 0) is 26.5 Å². The standard InChI is InChI=1S/C19H26N4O/c1-16(2)23(14-17-7-5-4-6-8-17)19(24)18(13-20)15-22-11-9-21(3)10-12-22/h4-8,15-16H,9-12,14H2,1-3H3/b18-15-. The minimum absolute atomic E-state index is 0.0296. The lowest BCUT2D eigenvalue weighted by molar-refractivity contribution is -0.129. The lowest BCUT2D eigenvalue weighted by Gasteiger charge is -2.32. The van der Waals surface area contributed by atoms with Crippen molar-refractivity contribution in [2.24, 2.45) is 0 Å². The van der Waals surface area contributed by atoms with Crippen molar-refractivity contribution in [1.29, 1.82) is 5.26 Å². The summed E-state index contributed by atoms with van der Waals surface area (Å²) in [7, 11) is 2.08. The largest absolute Gasteiger partial charge is 0.374 e. The molecule has 24 heavy (non-hydrogen) atoms. The molecule has 0 spiro atoms. The Hall–Kier alpha value is -2.32. The highest BCUT2D eigenvalue weighted by Crippen LogP contribution is 2.13. The predicted molar refractivity (Wildman–Crippen MR) is 94.9 cm³/mol. The summed E-state index contributed by atoms with van der Waals surface area (Å²) in [5.41, 5.74) is 1.28. The molecule has 1 aliphatic heterocycles. The van der Waals surface area contributed by atoms with E-state index in [9.17, 15) is 10.1 Å². The summed E-state index contributed by atoms with van der Waals surface area (Å²) in [5.74, 6) is -0.199. The number of likely N-dealkylation sites (N-methyl/N-ethyl adjacent to an activating group) is 1. The van der Waals surface area contributed by atoms with Gasteiger partial charge in [0.1, 0.15) is 11.6 Å². The summed E-state index contributed by atoms with van der Waals surface area (Å²) in [4.78, 5) is 18.9. The molecule has 2 rings (SSSR count). The predicted octanol–water partition coefficient (Wildman–Crippen LogP) is 2.08. The van der Waals surface area contributed by atoms with Crippen molar-refractivity contribution in [3.8, 4) is 6.07 Å². The molecule has 1 amide bonds. The van der Waals surface area contributed by atoms with Gasteiger partial charge in [-0.1, -0.05) is 30.3 Å². The molecular formula is C19H26N4O. The molecule has 0 saturated carbocycles. The first-order valence-corrected chi connectivity index (χ1v) is 8.40. The summed E-state index contributed by atoms with van der Waals surface area (Å²) in [6.07, 6.45) is 1.73. The second-order valence-electron chi connectivity index (χ2n) is 6.51. The zero-order chi connectivity index (χ0) is 17.5. The van der Waals surface area contributed by atoms with Crippen molar-refractivity contribution >= 4 is 5.91 Å². The SMILES string of the molecule is CC(C)N(Cc1ccccc1)C(=O)/C(C#N)=C\N1CCN(C)CC1. The van der Waals surface area contributed by atoms with Crippen molar-refractivity contribution in [3.05, 3.63) is 47.7 Å². The van der Waals surface area contributed by atoms with Crippen LogP contribution in [0.4, 0.5) is 0 Å². The van der Waals surface area contributed by atoms with Gasteiger partial charge < -0.3 is 14.7 Å². The molecule has 128 valence electrons. The molecule has 0 aliphatic carbocycles. The van der Waals surface area contributed by atoms with Gasteiger partial charge in [-0.2, -0.15) is 5.26 Å². The summed E-state index contributed by atoms with van der Waals surface area (Å²) in [6, 6.07) is 12.0. The van der Waals surface area contributed by atoms with Gasteiger partial charge in [0.05, 0.1) is 0 Å². The summed E-state index contributed by atoms with van der Waals surface area (Å²) >= 11 is 0. The highest BCUT2D eigenvalue weighted by atomic mass is 16.2. The van der Waals surface area contributed by atoms with E-state index in [2.05, 4.69) is 22.9 Å². The number of benzene rings is 1. The fraction of sp³-hybridized carbons (Fsp3) is 0.474. The monoisotopic (exact) mass is 326 g/mol. The van der Waals surface area contributed by atoms with Crippen LogP contribution in [0.5, 0.6) is 0 Å². The van der Waals surface area contributed by atoms with Crippen molar-refractivity contribution in [1.82, 2.24) is 14.7 Å². The Morgan fingerprint density at radius 1 is 1.25 bits per heavy atom. The molecule has 0 N–H and O–H groups in total. The van der Waals surface area contributed by atoms with Crippen LogP contribution < -0.4 is 0 Å². The smallest absolute Gasteiger partial charge is 0.266 e. The second-order valence-corrected chi connectivity index (χ2v) is 6.51. The van der Waals surface area contributed by atoms with Crippen LogP contribution in [0.3, 0.4) is 0 Å². The third-order valence-electron chi connectivity index (χ3n) is 4.28. The molecule has 1 fully saturated rings. The minimum atomic E-state index is -0.199. The van der Waals surface area contributed by atoms with E-state index in [4.69, 9.17) is 0 Å². The highest BCUT2D eigenvalue weighted by Gasteiger charge is 2.22.